The predicted octanol–water partition coefficient (Wildman–Crippen LogP) is 4.87. The van der Waals surface area contributed by atoms with Crippen molar-refractivity contribution in [3.63, 3.8) is 0 Å². The van der Waals surface area contributed by atoms with E-state index in [1.165, 1.54) is 6.07 Å². The molecule has 0 unspecified atom stereocenters. The van der Waals surface area contributed by atoms with Gasteiger partial charge in [-0.05, 0) is 35.2 Å². The van der Waals surface area contributed by atoms with Crippen molar-refractivity contribution in [1.82, 2.24) is 0 Å². The van der Waals surface area contributed by atoms with E-state index in [2.05, 4.69) is 0 Å². The molecule has 0 fully saturated rings. The smallest absolute Gasteiger partial charge is 0.138 e. The van der Waals surface area contributed by atoms with Crippen molar-refractivity contribution >= 4 is 22.6 Å². The van der Waals surface area contributed by atoms with Gasteiger partial charge in [-0.2, -0.15) is 0 Å². The third kappa shape index (κ3) is 1.62. The Morgan fingerprint density at radius 1 is 0.800 bits per heavy atom. The van der Waals surface area contributed by atoms with Crippen LogP contribution < -0.4 is 4.74 Å². The van der Waals surface area contributed by atoms with Crippen molar-refractivity contribution in [3.8, 4) is 5.75 Å². The molecule has 2 heteroatoms. The highest BCUT2D eigenvalue weighted by Crippen LogP contribution is 2.38. The lowest BCUT2D eigenvalue weighted by molar-refractivity contribution is 0.512. The highest BCUT2D eigenvalue weighted by atomic mass is 19.1. The molecule has 1 nitrogen and oxygen atoms in total. The molecule has 0 saturated heterocycles. The van der Waals surface area contributed by atoms with E-state index in [1.54, 1.807) is 12.1 Å². The van der Waals surface area contributed by atoms with Gasteiger partial charge in [0.15, 0.2) is 0 Å². The van der Waals surface area contributed by atoms with Crippen molar-refractivity contribution in [1.29, 1.82) is 0 Å². The normalized spacial score (nSPS) is 12.9. The van der Waals surface area contributed by atoms with E-state index in [1.807, 2.05) is 48.5 Å². The van der Waals surface area contributed by atoms with Gasteiger partial charge in [0.25, 0.3) is 0 Å². The highest BCUT2D eigenvalue weighted by molar-refractivity contribution is 6.01. The number of hydrogen-bond acceptors (Lipinski definition) is 1. The van der Waals surface area contributed by atoms with Crippen LogP contribution in [0.25, 0.3) is 22.6 Å². The molecule has 0 bridgehead atoms. The van der Waals surface area contributed by atoms with Crippen LogP contribution in [0.2, 0.25) is 0 Å². The van der Waals surface area contributed by atoms with E-state index < -0.39 is 0 Å². The van der Waals surface area contributed by atoms with Crippen LogP contribution in [0.1, 0.15) is 11.1 Å². The molecular weight excluding hydrogens is 251 g/mol. The molecule has 0 atom stereocenters. The fourth-order valence-corrected chi connectivity index (χ4v) is 2.62. The second kappa shape index (κ2) is 4.20. The fourth-order valence-electron chi connectivity index (χ4n) is 2.62. The molecule has 0 saturated carbocycles. The van der Waals surface area contributed by atoms with Crippen LogP contribution in [-0.2, 0) is 0 Å². The first-order chi connectivity index (χ1) is 9.83. The van der Waals surface area contributed by atoms with E-state index in [9.17, 15) is 4.39 Å². The molecular formula is C18H11FO. The second-order valence-corrected chi connectivity index (χ2v) is 4.79. The first kappa shape index (κ1) is 11.2. The van der Waals surface area contributed by atoms with Gasteiger partial charge in [-0.3, -0.25) is 0 Å². The molecule has 20 heavy (non-hydrogen) atoms. The molecule has 1 aliphatic rings. The van der Waals surface area contributed by atoms with Gasteiger partial charge < -0.3 is 4.74 Å². The van der Waals surface area contributed by atoms with Crippen LogP contribution in [0.3, 0.4) is 0 Å². The van der Waals surface area contributed by atoms with E-state index in [-0.39, 0.29) is 5.82 Å². The maximum absolute atomic E-state index is 13.9. The average molecular weight is 262 g/mol. The van der Waals surface area contributed by atoms with E-state index in [0.29, 0.717) is 11.3 Å². The topological polar surface area (TPSA) is 9.23 Å². The zero-order valence-corrected chi connectivity index (χ0v) is 10.6. The third-order valence-corrected chi connectivity index (χ3v) is 3.54. The Kier molecular flexibility index (Phi) is 2.36. The molecule has 0 spiro atoms. The lowest BCUT2D eigenvalue weighted by atomic mass is 9.99. The van der Waals surface area contributed by atoms with Crippen LogP contribution >= 0.6 is 0 Å². The van der Waals surface area contributed by atoms with Crippen LogP contribution in [0.5, 0.6) is 5.75 Å². The first-order valence-corrected chi connectivity index (χ1v) is 6.49. The standard InChI is InChI=1S/C18H11FO/c19-15-9-2-1-8-14(15)17-11-13-7-3-5-12-6-4-10-16(20-17)18(12)13/h1-11H. The monoisotopic (exact) mass is 262 g/mol. The minimum atomic E-state index is -0.273. The summed E-state index contributed by atoms with van der Waals surface area (Å²) in [4.78, 5) is 0. The minimum Gasteiger partial charge on any atom is -0.456 e. The Morgan fingerprint density at radius 2 is 1.60 bits per heavy atom. The molecule has 3 aromatic rings. The maximum Gasteiger partial charge on any atom is 0.138 e. The van der Waals surface area contributed by atoms with Crippen molar-refractivity contribution in [2.45, 2.75) is 0 Å². The molecule has 0 N–H and O–H groups in total. The summed E-state index contributed by atoms with van der Waals surface area (Å²) in [5.74, 6) is 1.05. The third-order valence-electron chi connectivity index (χ3n) is 3.54. The first-order valence-electron chi connectivity index (χ1n) is 6.49. The Bertz CT molecular complexity index is 844. The van der Waals surface area contributed by atoms with Crippen molar-refractivity contribution in [3.05, 3.63) is 77.6 Å². The summed E-state index contributed by atoms with van der Waals surface area (Å²) in [7, 11) is 0. The second-order valence-electron chi connectivity index (χ2n) is 4.79. The largest absolute Gasteiger partial charge is 0.456 e. The van der Waals surface area contributed by atoms with Crippen LogP contribution in [0.4, 0.5) is 4.39 Å². The van der Waals surface area contributed by atoms with Crippen molar-refractivity contribution in [2.75, 3.05) is 0 Å². The fraction of sp³-hybridized carbons (Fsp3) is 0. The highest BCUT2D eigenvalue weighted by Gasteiger charge is 2.17. The summed E-state index contributed by atoms with van der Waals surface area (Å²) in [5, 5.41) is 2.21. The Balaban J connectivity index is 1.97. The van der Waals surface area contributed by atoms with Crippen LogP contribution in [0.15, 0.2) is 60.7 Å². The molecule has 0 aromatic heterocycles. The van der Waals surface area contributed by atoms with Crippen molar-refractivity contribution < 1.29 is 9.13 Å². The van der Waals surface area contributed by atoms with Gasteiger partial charge in [-0.15, -0.1) is 0 Å². The van der Waals surface area contributed by atoms with E-state index >= 15 is 0 Å². The number of benzene rings is 3. The number of ether oxygens (including phenoxy) is 1. The molecule has 0 amide bonds. The van der Waals surface area contributed by atoms with Gasteiger partial charge in [0.1, 0.15) is 17.3 Å². The minimum absolute atomic E-state index is 0.273. The van der Waals surface area contributed by atoms with Gasteiger partial charge in [-0.25, -0.2) is 4.39 Å². The molecule has 1 heterocycles. The molecule has 1 aliphatic heterocycles. The van der Waals surface area contributed by atoms with Crippen LogP contribution in [-0.4, -0.2) is 0 Å². The van der Waals surface area contributed by atoms with E-state index in [0.717, 1.165) is 22.1 Å². The number of halogens is 1. The lowest BCUT2D eigenvalue weighted by Crippen LogP contribution is -2.02. The molecule has 96 valence electrons. The quantitative estimate of drug-likeness (QED) is 0.608. The maximum atomic E-state index is 13.9. The summed E-state index contributed by atoms with van der Waals surface area (Å²) in [6, 6.07) is 18.7. The molecule has 0 radical (unpaired) electrons. The number of hydrogen-bond donors (Lipinski definition) is 0. The molecule has 4 rings (SSSR count). The predicted molar refractivity (Wildman–Crippen MR) is 78.8 cm³/mol. The van der Waals surface area contributed by atoms with Crippen LogP contribution in [0, 0.1) is 5.82 Å². The summed E-state index contributed by atoms with van der Waals surface area (Å²) in [6.45, 7) is 0. The average Bonchev–Trinajstić information content (AvgIpc) is 2.48. The van der Waals surface area contributed by atoms with Gasteiger partial charge in [0, 0.05) is 5.39 Å². The SMILES string of the molecule is Fc1ccccc1C1=Cc2cccc3cccc(c23)O1. The Morgan fingerprint density at radius 3 is 2.45 bits per heavy atom. The van der Waals surface area contributed by atoms with Crippen molar-refractivity contribution in [2.24, 2.45) is 0 Å². The zero-order valence-electron chi connectivity index (χ0n) is 10.6. The molecule has 0 aliphatic carbocycles. The molecule has 3 aromatic carbocycles. The van der Waals surface area contributed by atoms with E-state index in [4.69, 9.17) is 4.74 Å². The summed E-state index contributed by atoms with van der Waals surface area (Å²) in [6.07, 6.45) is 1.90. The van der Waals surface area contributed by atoms with Gasteiger partial charge >= 0.3 is 0 Å². The zero-order chi connectivity index (χ0) is 13.5. The summed E-state index contributed by atoms with van der Waals surface area (Å²) < 4.78 is 19.8. The number of rotatable bonds is 1. The lowest BCUT2D eigenvalue weighted by Gasteiger charge is -2.19. The Hall–Kier alpha value is -2.61. The van der Waals surface area contributed by atoms with Gasteiger partial charge in [-0.1, -0.05) is 42.5 Å². The summed E-state index contributed by atoms with van der Waals surface area (Å²) in [5.41, 5.74) is 1.54. The summed E-state index contributed by atoms with van der Waals surface area (Å²) >= 11 is 0. The van der Waals surface area contributed by atoms with Gasteiger partial charge in [0.05, 0.1) is 5.56 Å². The Labute approximate surface area is 115 Å². The van der Waals surface area contributed by atoms with Gasteiger partial charge in [0.2, 0.25) is 0 Å².